The van der Waals surface area contributed by atoms with Crippen molar-refractivity contribution < 1.29 is 23.9 Å². The summed E-state index contributed by atoms with van der Waals surface area (Å²) in [6.45, 7) is 1.33. The van der Waals surface area contributed by atoms with Crippen LogP contribution in [-0.2, 0) is 23.9 Å². The van der Waals surface area contributed by atoms with E-state index in [4.69, 9.17) is 4.74 Å². The first-order valence-corrected chi connectivity index (χ1v) is 9.83. The highest BCUT2D eigenvalue weighted by molar-refractivity contribution is 7.14. The van der Waals surface area contributed by atoms with Gasteiger partial charge in [0, 0.05) is 31.3 Å². The molecule has 0 N–H and O–H groups in total. The summed E-state index contributed by atoms with van der Waals surface area (Å²) in [5, 5.41) is 2.17. The Morgan fingerprint density at radius 3 is 2.69 bits per heavy atom. The largest absolute Gasteiger partial charge is 0.452 e. The Bertz CT molecular complexity index is 954. The minimum absolute atomic E-state index is 0.185. The van der Waals surface area contributed by atoms with E-state index in [-0.39, 0.29) is 11.8 Å². The second-order valence-electron chi connectivity index (χ2n) is 6.23. The van der Waals surface area contributed by atoms with Crippen molar-refractivity contribution in [3.63, 3.8) is 0 Å². The number of amides is 3. The number of thiazole rings is 1. The Morgan fingerprint density at radius 2 is 2.03 bits per heavy atom. The van der Waals surface area contributed by atoms with Crippen molar-refractivity contribution in [3.8, 4) is 0 Å². The monoisotopic (exact) mass is 413 g/mol. The average Bonchev–Trinajstić information content (AvgIpc) is 3.34. The Kier molecular flexibility index (Phi) is 6.50. The topological polar surface area (TPSA) is 96.9 Å². The highest BCUT2D eigenvalue weighted by atomic mass is 32.1. The number of nitrogens with zero attached hydrogens (tertiary/aromatic N) is 3. The van der Waals surface area contributed by atoms with Crippen LogP contribution in [0.25, 0.3) is 6.08 Å². The molecule has 2 aromatic rings. The van der Waals surface area contributed by atoms with Crippen LogP contribution in [0.2, 0.25) is 0 Å². The minimum Gasteiger partial charge on any atom is -0.452 e. The molecular weight excluding hydrogens is 394 g/mol. The quantitative estimate of drug-likeness (QED) is 0.533. The summed E-state index contributed by atoms with van der Waals surface area (Å²) < 4.78 is 4.89. The zero-order valence-corrected chi connectivity index (χ0v) is 16.6. The fraction of sp³-hybridized carbons (Fsp3) is 0.250. The van der Waals surface area contributed by atoms with Crippen LogP contribution in [0.15, 0.2) is 41.8 Å². The lowest BCUT2D eigenvalue weighted by Crippen LogP contribution is -2.35. The number of para-hydroxylation sites is 1. The van der Waals surface area contributed by atoms with E-state index in [9.17, 15) is 19.2 Å². The van der Waals surface area contributed by atoms with Gasteiger partial charge in [-0.3, -0.25) is 24.2 Å². The Hall–Kier alpha value is -3.33. The summed E-state index contributed by atoms with van der Waals surface area (Å²) >= 11 is 1.26. The van der Waals surface area contributed by atoms with E-state index in [1.165, 1.54) is 29.2 Å². The SMILES string of the molecule is CC(=O)N(c1ccccc1)c1nc(/C=C/C(=O)OCC(=O)N2CCCC2=O)cs1. The molecule has 9 heteroatoms. The van der Waals surface area contributed by atoms with Crippen LogP contribution >= 0.6 is 11.3 Å². The van der Waals surface area contributed by atoms with Crippen LogP contribution in [-0.4, -0.2) is 46.7 Å². The number of esters is 1. The van der Waals surface area contributed by atoms with E-state index in [1.807, 2.05) is 18.2 Å². The highest BCUT2D eigenvalue weighted by Gasteiger charge is 2.26. The Labute approximate surface area is 171 Å². The lowest BCUT2D eigenvalue weighted by molar-refractivity contribution is -0.151. The predicted molar refractivity (Wildman–Crippen MR) is 107 cm³/mol. The van der Waals surface area contributed by atoms with Gasteiger partial charge in [0.2, 0.25) is 11.8 Å². The first kappa shape index (κ1) is 20.4. The van der Waals surface area contributed by atoms with Crippen LogP contribution in [0, 0.1) is 0 Å². The highest BCUT2D eigenvalue weighted by Crippen LogP contribution is 2.29. The Balaban J connectivity index is 1.59. The summed E-state index contributed by atoms with van der Waals surface area (Å²) in [6, 6.07) is 9.11. The number of imide groups is 1. The van der Waals surface area contributed by atoms with Gasteiger partial charge >= 0.3 is 5.97 Å². The van der Waals surface area contributed by atoms with Gasteiger partial charge in [-0.15, -0.1) is 11.3 Å². The molecular formula is C20H19N3O5S. The third-order valence-corrected chi connectivity index (χ3v) is 4.98. The van der Waals surface area contributed by atoms with E-state index in [1.54, 1.807) is 17.5 Å². The molecule has 1 aliphatic heterocycles. The molecule has 0 atom stereocenters. The molecule has 3 rings (SSSR count). The molecule has 150 valence electrons. The van der Waals surface area contributed by atoms with Crippen molar-refractivity contribution in [3.05, 3.63) is 47.5 Å². The van der Waals surface area contributed by atoms with Gasteiger partial charge in [0.1, 0.15) is 0 Å². The van der Waals surface area contributed by atoms with Crippen molar-refractivity contribution >= 4 is 51.9 Å². The molecule has 0 bridgehead atoms. The number of hydrogen-bond donors (Lipinski definition) is 0. The molecule has 0 unspecified atom stereocenters. The summed E-state index contributed by atoms with van der Waals surface area (Å²) in [4.78, 5) is 54.2. The number of carbonyl (C=O) groups excluding carboxylic acids is 4. The number of hydrogen-bond acceptors (Lipinski definition) is 7. The van der Waals surface area contributed by atoms with Crippen molar-refractivity contribution in [2.45, 2.75) is 19.8 Å². The summed E-state index contributed by atoms with van der Waals surface area (Å²) in [5.41, 5.74) is 1.17. The fourth-order valence-electron chi connectivity index (χ4n) is 2.78. The molecule has 29 heavy (non-hydrogen) atoms. The van der Waals surface area contributed by atoms with Crippen molar-refractivity contribution in [1.29, 1.82) is 0 Å². The molecule has 0 spiro atoms. The van der Waals surface area contributed by atoms with E-state index in [2.05, 4.69) is 4.98 Å². The Morgan fingerprint density at radius 1 is 1.28 bits per heavy atom. The average molecular weight is 413 g/mol. The summed E-state index contributed by atoms with van der Waals surface area (Å²) in [7, 11) is 0. The lowest BCUT2D eigenvalue weighted by atomic mass is 10.3. The number of ether oxygens (including phenoxy) is 1. The van der Waals surface area contributed by atoms with Crippen molar-refractivity contribution in [2.75, 3.05) is 18.1 Å². The third kappa shape index (κ3) is 5.14. The molecule has 3 amide bonds. The van der Waals surface area contributed by atoms with E-state index >= 15 is 0 Å². The van der Waals surface area contributed by atoms with Gasteiger partial charge in [0.15, 0.2) is 11.7 Å². The van der Waals surface area contributed by atoms with Gasteiger partial charge < -0.3 is 4.74 Å². The maximum Gasteiger partial charge on any atom is 0.331 e. The van der Waals surface area contributed by atoms with Gasteiger partial charge in [-0.25, -0.2) is 9.78 Å². The smallest absolute Gasteiger partial charge is 0.331 e. The molecule has 0 radical (unpaired) electrons. The normalized spacial score (nSPS) is 13.7. The van der Waals surface area contributed by atoms with Gasteiger partial charge in [-0.2, -0.15) is 0 Å². The second-order valence-corrected chi connectivity index (χ2v) is 7.07. The first-order valence-electron chi connectivity index (χ1n) is 8.95. The molecule has 1 aliphatic rings. The van der Waals surface area contributed by atoms with E-state index < -0.39 is 18.5 Å². The second kappa shape index (κ2) is 9.24. The maximum absolute atomic E-state index is 12.0. The van der Waals surface area contributed by atoms with Crippen LogP contribution in [0.3, 0.4) is 0 Å². The van der Waals surface area contributed by atoms with Crippen LogP contribution < -0.4 is 4.90 Å². The van der Waals surface area contributed by atoms with E-state index in [0.717, 1.165) is 11.0 Å². The standard InChI is InChI=1S/C20H19N3O5S/c1-14(24)23(16-6-3-2-4-7-16)20-21-15(13-29-20)9-10-19(27)28-12-18(26)22-11-5-8-17(22)25/h2-4,6-7,9-10,13H,5,8,11-12H2,1H3/b10-9+. The van der Waals surface area contributed by atoms with Crippen molar-refractivity contribution in [2.24, 2.45) is 0 Å². The molecule has 1 aromatic heterocycles. The maximum atomic E-state index is 12.0. The number of aromatic nitrogens is 1. The molecule has 1 fully saturated rings. The van der Waals surface area contributed by atoms with Gasteiger partial charge in [-0.1, -0.05) is 18.2 Å². The minimum atomic E-state index is -0.717. The molecule has 1 saturated heterocycles. The number of carbonyl (C=O) groups is 4. The third-order valence-electron chi connectivity index (χ3n) is 4.13. The summed E-state index contributed by atoms with van der Waals surface area (Å²) in [6.07, 6.45) is 3.56. The van der Waals surface area contributed by atoms with Gasteiger partial charge in [0.25, 0.3) is 5.91 Å². The molecule has 8 nitrogen and oxygen atoms in total. The zero-order valence-electron chi connectivity index (χ0n) is 15.7. The first-order chi connectivity index (χ1) is 14.0. The van der Waals surface area contributed by atoms with Gasteiger partial charge in [-0.05, 0) is 24.6 Å². The van der Waals surface area contributed by atoms with Gasteiger partial charge in [0.05, 0.1) is 11.4 Å². The van der Waals surface area contributed by atoms with Crippen LogP contribution in [0.5, 0.6) is 0 Å². The lowest BCUT2D eigenvalue weighted by Gasteiger charge is -2.17. The number of anilines is 2. The summed E-state index contributed by atoms with van der Waals surface area (Å²) in [5.74, 6) is -1.67. The van der Waals surface area contributed by atoms with Crippen LogP contribution in [0.4, 0.5) is 10.8 Å². The predicted octanol–water partition coefficient (Wildman–Crippen LogP) is 2.53. The van der Waals surface area contributed by atoms with Crippen molar-refractivity contribution in [1.82, 2.24) is 9.88 Å². The zero-order chi connectivity index (χ0) is 20.8. The molecule has 0 saturated carbocycles. The van der Waals surface area contributed by atoms with Crippen LogP contribution in [0.1, 0.15) is 25.5 Å². The molecule has 1 aromatic carbocycles. The van der Waals surface area contributed by atoms with E-state index in [0.29, 0.717) is 35.9 Å². The number of benzene rings is 1. The number of rotatable bonds is 6. The fourth-order valence-corrected chi connectivity index (χ4v) is 3.64. The number of likely N-dealkylation sites (tertiary alicyclic amines) is 1. The molecule has 2 heterocycles. The molecule has 0 aliphatic carbocycles.